The summed E-state index contributed by atoms with van der Waals surface area (Å²) in [6.45, 7) is 3.50. The fraction of sp³-hybridized carbons (Fsp3) is 0.412. The number of fused-ring (bicyclic) bond motifs is 1. The van der Waals surface area contributed by atoms with E-state index in [4.69, 9.17) is 10.5 Å². The number of rotatable bonds is 6. The number of aromatic nitrogens is 3. The molecule has 3 heterocycles. The van der Waals surface area contributed by atoms with Gasteiger partial charge in [0.25, 0.3) is 11.8 Å². The smallest absolute Gasteiger partial charge is 0.256 e. The zero-order valence-corrected chi connectivity index (χ0v) is 14.1. The molecule has 1 aliphatic heterocycles. The van der Waals surface area contributed by atoms with E-state index in [0.29, 0.717) is 43.1 Å². The fourth-order valence-electron chi connectivity index (χ4n) is 3.03. The van der Waals surface area contributed by atoms with Crippen molar-refractivity contribution >= 4 is 11.8 Å². The third-order valence-electron chi connectivity index (χ3n) is 4.29. The highest BCUT2D eigenvalue weighted by Crippen LogP contribution is 2.22. The highest BCUT2D eigenvalue weighted by molar-refractivity contribution is 5.96. The summed E-state index contributed by atoms with van der Waals surface area (Å²) < 4.78 is 7.21. The van der Waals surface area contributed by atoms with Gasteiger partial charge in [-0.25, -0.2) is 4.98 Å². The minimum absolute atomic E-state index is 0.217. The molecule has 2 aromatic rings. The maximum atomic E-state index is 12.4. The van der Waals surface area contributed by atoms with Gasteiger partial charge in [-0.3, -0.25) is 14.3 Å². The molecule has 25 heavy (non-hydrogen) atoms. The van der Waals surface area contributed by atoms with Crippen LogP contribution < -0.4 is 15.8 Å². The number of hydrogen-bond acceptors (Lipinski definition) is 5. The lowest BCUT2D eigenvalue weighted by Gasteiger charge is -2.24. The van der Waals surface area contributed by atoms with Crippen LogP contribution in [0.5, 0.6) is 5.88 Å². The number of nitrogens with two attached hydrogens (primary N) is 1. The first-order chi connectivity index (χ1) is 12.1. The second-order valence-corrected chi connectivity index (χ2v) is 5.95. The average Bonchev–Trinajstić information content (AvgIpc) is 3.04. The minimum Gasteiger partial charge on any atom is -0.477 e. The van der Waals surface area contributed by atoms with Gasteiger partial charge < -0.3 is 15.8 Å². The van der Waals surface area contributed by atoms with Gasteiger partial charge in [0.05, 0.1) is 24.1 Å². The van der Waals surface area contributed by atoms with Crippen molar-refractivity contribution in [2.45, 2.75) is 26.3 Å². The van der Waals surface area contributed by atoms with Gasteiger partial charge >= 0.3 is 0 Å². The number of carbonyl (C=O) groups excluding carboxylic acids is 2. The Labute approximate surface area is 145 Å². The summed E-state index contributed by atoms with van der Waals surface area (Å²) in [6.07, 6.45) is 4.64. The number of primary amides is 1. The average molecular weight is 343 g/mol. The molecule has 0 spiro atoms. The van der Waals surface area contributed by atoms with E-state index in [1.54, 1.807) is 18.3 Å². The molecule has 3 rings (SSSR count). The largest absolute Gasteiger partial charge is 0.477 e. The van der Waals surface area contributed by atoms with Crippen molar-refractivity contribution in [2.75, 3.05) is 13.2 Å². The Kier molecular flexibility index (Phi) is 4.97. The highest BCUT2D eigenvalue weighted by Gasteiger charge is 2.25. The normalized spacial score (nSPS) is 16.1. The minimum atomic E-state index is -0.470. The van der Waals surface area contributed by atoms with Crippen LogP contribution in [-0.4, -0.2) is 39.7 Å². The molecule has 8 heteroatoms. The Morgan fingerprint density at radius 3 is 3.04 bits per heavy atom. The second kappa shape index (κ2) is 7.33. The summed E-state index contributed by atoms with van der Waals surface area (Å²) in [4.78, 5) is 28.0. The molecule has 0 fully saturated rings. The zero-order chi connectivity index (χ0) is 17.8. The van der Waals surface area contributed by atoms with E-state index in [-0.39, 0.29) is 11.8 Å². The SMILES string of the molecule is CCOc1ncccc1C(=O)NC[C@H]1CCn2ncc(C(N)=O)c2C1. The van der Waals surface area contributed by atoms with Gasteiger partial charge in [0, 0.05) is 19.3 Å². The quantitative estimate of drug-likeness (QED) is 0.804. The predicted octanol–water partition coefficient (Wildman–Crippen LogP) is 0.768. The molecule has 0 radical (unpaired) electrons. The number of nitrogens with one attached hydrogen (secondary N) is 1. The molecule has 0 saturated heterocycles. The summed E-state index contributed by atoms with van der Waals surface area (Å²) in [7, 11) is 0. The third kappa shape index (κ3) is 3.62. The van der Waals surface area contributed by atoms with E-state index in [0.717, 1.165) is 12.1 Å². The lowest BCUT2D eigenvalue weighted by Crippen LogP contribution is -2.34. The van der Waals surface area contributed by atoms with E-state index in [9.17, 15) is 9.59 Å². The lowest BCUT2D eigenvalue weighted by molar-refractivity contribution is 0.0937. The number of aryl methyl sites for hydroxylation is 1. The molecule has 2 amide bonds. The van der Waals surface area contributed by atoms with E-state index < -0.39 is 5.91 Å². The molecule has 3 N–H and O–H groups in total. The van der Waals surface area contributed by atoms with Crippen LogP contribution in [0.25, 0.3) is 0 Å². The van der Waals surface area contributed by atoms with Gasteiger partial charge in [0.15, 0.2) is 0 Å². The Bertz CT molecular complexity index is 786. The molecule has 8 nitrogen and oxygen atoms in total. The Morgan fingerprint density at radius 1 is 1.44 bits per heavy atom. The topological polar surface area (TPSA) is 112 Å². The van der Waals surface area contributed by atoms with Gasteiger partial charge in [0.1, 0.15) is 5.56 Å². The molecule has 0 unspecified atom stereocenters. The fourth-order valence-corrected chi connectivity index (χ4v) is 3.03. The monoisotopic (exact) mass is 343 g/mol. The van der Waals surface area contributed by atoms with Crippen molar-refractivity contribution in [2.24, 2.45) is 11.7 Å². The van der Waals surface area contributed by atoms with Crippen molar-refractivity contribution in [3.63, 3.8) is 0 Å². The summed E-state index contributed by atoms with van der Waals surface area (Å²) in [5.41, 5.74) is 7.11. The van der Waals surface area contributed by atoms with Crippen molar-refractivity contribution in [3.8, 4) is 5.88 Å². The number of carbonyl (C=O) groups is 2. The molecule has 1 aliphatic rings. The van der Waals surface area contributed by atoms with Crippen LogP contribution in [0.4, 0.5) is 0 Å². The number of hydrogen-bond donors (Lipinski definition) is 2. The van der Waals surface area contributed by atoms with Crippen molar-refractivity contribution < 1.29 is 14.3 Å². The summed E-state index contributed by atoms with van der Waals surface area (Å²) in [6, 6.07) is 3.39. The van der Waals surface area contributed by atoms with Crippen LogP contribution in [0.1, 0.15) is 39.8 Å². The molecule has 0 aromatic carbocycles. The molecule has 132 valence electrons. The predicted molar refractivity (Wildman–Crippen MR) is 90.3 cm³/mol. The van der Waals surface area contributed by atoms with Gasteiger partial charge in [-0.05, 0) is 37.8 Å². The van der Waals surface area contributed by atoms with Gasteiger partial charge in [-0.1, -0.05) is 0 Å². The Hall–Kier alpha value is -2.90. The maximum Gasteiger partial charge on any atom is 0.256 e. The van der Waals surface area contributed by atoms with Crippen LogP contribution in [0.3, 0.4) is 0 Å². The first kappa shape index (κ1) is 16.9. The number of pyridine rings is 1. The van der Waals surface area contributed by atoms with E-state index >= 15 is 0 Å². The molecular weight excluding hydrogens is 322 g/mol. The van der Waals surface area contributed by atoms with Gasteiger partial charge in [-0.15, -0.1) is 0 Å². The van der Waals surface area contributed by atoms with E-state index in [1.165, 1.54) is 6.20 Å². The molecular formula is C17H21N5O3. The highest BCUT2D eigenvalue weighted by atomic mass is 16.5. The first-order valence-corrected chi connectivity index (χ1v) is 8.30. The number of amides is 2. The van der Waals surface area contributed by atoms with Gasteiger partial charge in [0.2, 0.25) is 5.88 Å². The maximum absolute atomic E-state index is 12.4. The van der Waals surface area contributed by atoms with E-state index in [2.05, 4.69) is 15.4 Å². The summed E-state index contributed by atoms with van der Waals surface area (Å²) in [5.74, 6) is -0.132. The molecule has 0 aliphatic carbocycles. The van der Waals surface area contributed by atoms with Crippen molar-refractivity contribution in [1.29, 1.82) is 0 Å². The second-order valence-electron chi connectivity index (χ2n) is 5.95. The molecule has 2 aromatic heterocycles. The number of nitrogens with zero attached hydrogens (tertiary/aromatic N) is 3. The molecule has 0 bridgehead atoms. The van der Waals surface area contributed by atoms with Crippen LogP contribution in [0.2, 0.25) is 0 Å². The molecule has 1 atom stereocenters. The van der Waals surface area contributed by atoms with E-state index in [1.807, 2.05) is 11.6 Å². The number of ether oxygens (including phenoxy) is 1. The van der Waals surface area contributed by atoms with Crippen LogP contribution in [0.15, 0.2) is 24.5 Å². The van der Waals surface area contributed by atoms with Crippen LogP contribution in [0, 0.1) is 5.92 Å². The zero-order valence-electron chi connectivity index (χ0n) is 14.1. The van der Waals surface area contributed by atoms with Crippen LogP contribution >= 0.6 is 0 Å². The Morgan fingerprint density at radius 2 is 2.28 bits per heavy atom. The third-order valence-corrected chi connectivity index (χ3v) is 4.29. The van der Waals surface area contributed by atoms with Gasteiger partial charge in [-0.2, -0.15) is 5.10 Å². The summed E-state index contributed by atoms with van der Waals surface area (Å²) >= 11 is 0. The lowest BCUT2D eigenvalue weighted by atomic mass is 9.94. The molecule has 0 saturated carbocycles. The first-order valence-electron chi connectivity index (χ1n) is 8.30. The standard InChI is InChI=1S/C17H21N5O3/c1-2-25-17-12(4-3-6-19-17)16(24)20-9-11-5-7-22-14(8-11)13(10-21-22)15(18)23/h3-4,6,10-11H,2,5,7-9H2,1H3,(H2,18,23)(H,20,24)/t11-/m0/s1. The van der Waals surface area contributed by atoms with Crippen molar-refractivity contribution in [3.05, 3.63) is 41.3 Å². The Balaban J connectivity index is 1.64. The van der Waals surface area contributed by atoms with Crippen molar-refractivity contribution in [1.82, 2.24) is 20.1 Å². The van der Waals surface area contributed by atoms with Crippen LogP contribution in [-0.2, 0) is 13.0 Å². The summed E-state index contributed by atoms with van der Waals surface area (Å²) in [5, 5.41) is 7.13.